The third-order valence-electron chi connectivity index (χ3n) is 2.83. The van der Waals surface area contributed by atoms with Crippen molar-refractivity contribution in [1.29, 1.82) is 0 Å². The zero-order valence-electron chi connectivity index (χ0n) is 12.0. The van der Waals surface area contributed by atoms with Crippen LogP contribution in [0.5, 0.6) is 5.75 Å². The molecule has 1 amide bonds. The van der Waals surface area contributed by atoms with Gasteiger partial charge in [-0.3, -0.25) is 9.89 Å². The summed E-state index contributed by atoms with van der Waals surface area (Å²) in [7, 11) is 1.68. The van der Waals surface area contributed by atoms with Gasteiger partial charge in [-0.1, -0.05) is 6.07 Å². The quantitative estimate of drug-likeness (QED) is 0.879. The minimum Gasteiger partial charge on any atom is -0.493 e. The highest BCUT2D eigenvalue weighted by molar-refractivity contribution is 5.75. The number of carbonyl (C=O) groups excluding carboxylic acids is 1. The van der Waals surface area contributed by atoms with Gasteiger partial charge in [-0.15, -0.1) is 0 Å². The number of carbonyl (C=O) groups is 1. The van der Waals surface area contributed by atoms with Gasteiger partial charge in [0.1, 0.15) is 17.4 Å². The Bertz CT molecular complexity index is 615. The lowest BCUT2D eigenvalue weighted by molar-refractivity contribution is -0.131. The van der Waals surface area contributed by atoms with Crippen molar-refractivity contribution in [3.63, 3.8) is 0 Å². The molecule has 0 bridgehead atoms. The van der Waals surface area contributed by atoms with Gasteiger partial charge >= 0.3 is 0 Å². The van der Waals surface area contributed by atoms with E-state index in [0.717, 1.165) is 0 Å². The van der Waals surface area contributed by atoms with Crippen molar-refractivity contribution in [3.05, 3.63) is 41.7 Å². The summed E-state index contributed by atoms with van der Waals surface area (Å²) in [6, 6.07) is 5.83. The van der Waals surface area contributed by atoms with E-state index in [9.17, 15) is 9.18 Å². The third kappa shape index (κ3) is 4.55. The van der Waals surface area contributed by atoms with E-state index in [-0.39, 0.29) is 24.8 Å². The average Bonchev–Trinajstić information content (AvgIpc) is 2.84. The number of nitrogens with one attached hydrogen (secondary N) is 1. The Labute approximate surface area is 121 Å². The van der Waals surface area contributed by atoms with Gasteiger partial charge in [-0.25, -0.2) is 9.37 Å². The molecule has 6 nitrogen and oxygen atoms in total. The summed E-state index contributed by atoms with van der Waals surface area (Å²) >= 11 is 0. The largest absolute Gasteiger partial charge is 0.493 e. The third-order valence-corrected chi connectivity index (χ3v) is 2.83. The van der Waals surface area contributed by atoms with Gasteiger partial charge in [-0.2, -0.15) is 5.10 Å². The van der Waals surface area contributed by atoms with E-state index in [1.54, 1.807) is 26.1 Å². The van der Waals surface area contributed by atoms with E-state index in [2.05, 4.69) is 15.2 Å². The predicted octanol–water partition coefficient (Wildman–Crippen LogP) is 1.68. The van der Waals surface area contributed by atoms with Crippen LogP contribution in [0.1, 0.15) is 18.1 Å². The predicted molar refractivity (Wildman–Crippen MR) is 74.1 cm³/mol. The second-order valence-corrected chi connectivity index (χ2v) is 4.64. The van der Waals surface area contributed by atoms with E-state index in [1.165, 1.54) is 17.0 Å². The number of halogens is 1. The van der Waals surface area contributed by atoms with Crippen molar-refractivity contribution >= 4 is 5.91 Å². The second kappa shape index (κ2) is 6.83. The smallest absolute Gasteiger partial charge is 0.226 e. The highest BCUT2D eigenvalue weighted by Gasteiger charge is 2.12. The number of H-pyrrole nitrogens is 1. The molecular formula is C14H17FN4O2. The van der Waals surface area contributed by atoms with Crippen molar-refractivity contribution in [2.24, 2.45) is 0 Å². The molecule has 1 N–H and O–H groups in total. The summed E-state index contributed by atoms with van der Waals surface area (Å²) in [5, 5.41) is 6.70. The minimum absolute atomic E-state index is 0.0890. The van der Waals surface area contributed by atoms with Gasteiger partial charge in [0.2, 0.25) is 5.91 Å². The summed E-state index contributed by atoms with van der Waals surface area (Å²) in [4.78, 5) is 17.6. The summed E-state index contributed by atoms with van der Waals surface area (Å²) in [6.07, 6.45) is 0.205. The summed E-state index contributed by atoms with van der Waals surface area (Å²) in [6.45, 7) is 2.33. The zero-order valence-corrected chi connectivity index (χ0v) is 12.0. The number of nitrogens with zero attached hydrogens (tertiary/aromatic N) is 3. The van der Waals surface area contributed by atoms with Crippen molar-refractivity contribution in [2.45, 2.75) is 19.9 Å². The number of ether oxygens (including phenoxy) is 1. The van der Waals surface area contributed by atoms with Gasteiger partial charge in [0.15, 0.2) is 5.82 Å². The molecule has 0 atom stereocenters. The van der Waals surface area contributed by atoms with Crippen LogP contribution in [-0.2, 0) is 11.3 Å². The maximum atomic E-state index is 13.0. The first-order valence-corrected chi connectivity index (χ1v) is 6.55. The van der Waals surface area contributed by atoms with Crippen LogP contribution in [0, 0.1) is 12.7 Å². The van der Waals surface area contributed by atoms with Crippen LogP contribution in [0.4, 0.5) is 4.39 Å². The number of rotatable bonds is 6. The molecule has 0 aliphatic heterocycles. The molecule has 0 aliphatic carbocycles. The first-order valence-electron chi connectivity index (χ1n) is 6.55. The number of hydrogen-bond acceptors (Lipinski definition) is 4. The van der Waals surface area contributed by atoms with E-state index in [1.807, 2.05) is 0 Å². The topological polar surface area (TPSA) is 71.1 Å². The molecule has 0 saturated heterocycles. The van der Waals surface area contributed by atoms with Gasteiger partial charge in [0.05, 0.1) is 19.6 Å². The van der Waals surface area contributed by atoms with Gasteiger partial charge in [0.25, 0.3) is 0 Å². The van der Waals surface area contributed by atoms with Gasteiger partial charge < -0.3 is 9.64 Å². The number of amides is 1. The van der Waals surface area contributed by atoms with Crippen LogP contribution < -0.4 is 4.74 Å². The lowest BCUT2D eigenvalue weighted by atomic mass is 10.3. The van der Waals surface area contributed by atoms with Crippen LogP contribution in [0.2, 0.25) is 0 Å². The molecule has 0 fully saturated rings. The second-order valence-electron chi connectivity index (χ2n) is 4.64. The Kier molecular flexibility index (Phi) is 4.86. The lowest BCUT2D eigenvalue weighted by Crippen LogP contribution is -2.28. The Balaban J connectivity index is 1.76. The molecule has 1 aromatic heterocycles. The maximum absolute atomic E-state index is 13.0. The number of hydrogen-bond donors (Lipinski definition) is 1. The molecule has 0 radical (unpaired) electrons. The highest BCUT2D eigenvalue weighted by Crippen LogP contribution is 2.12. The standard InChI is InChI=1S/C14H17FN4O2/c1-10-16-13(18-17-10)9-19(2)14(20)6-7-21-12-5-3-4-11(15)8-12/h3-5,8H,6-7,9H2,1-2H3,(H,16,17,18). The van der Waals surface area contributed by atoms with Crippen LogP contribution in [0.3, 0.4) is 0 Å². The van der Waals surface area contributed by atoms with Crippen LogP contribution in [-0.4, -0.2) is 39.6 Å². The summed E-state index contributed by atoms with van der Waals surface area (Å²) < 4.78 is 18.3. The van der Waals surface area contributed by atoms with E-state index < -0.39 is 0 Å². The molecule has 0 aliphatic rings. The SMILES string of the molecule is Cc1nc(CN(C)C(=O)CCOc2cccc(F)c2)n[nH]1. The lowest BCUT2D eigenvalue weighted by Gasteiger charge is -2.15. The zero-order chi connectivity index (χ0) is 15.2. The average molecular weight is 292 g/mol. The van der Waals surface area contributed by atoms with Crippen LogP contribution in [0.25, 0.3) is 0 Å². The van der Waals surface area contributed by atoms with Crippen LogP contribution >= 0.6 is 0 Å². The van der Waals surface area contributed by atoms with Crippen molar-refractivity contribution in [2.75, 3.05) is 13.7 Å². The molecule has 1 aromatic carbocycles. The maximum Gasteiger partial charge on any atom is 0.226 e. The van der Waals surface area contributed by atoms with Gasteiger partial charge in [-0.05, 0) is 19.1 Å². The molecular weight excluding hydrogens is 275 g/mol. The Hall–Kier alpha value is -2.44. The Morgan fingerprint density at radius 3 is 2.95 bits per heavy atom. The summed E-state index contributed by atoms with van der Waals surface area (Å²) in [5.41, 5.74) is 0. The fraction of sp³-hybridized carbons (Fsp3) is 0.357. The van der Waals surface area contributed by atoms with Crippen LogP contribution in [0.15, 0.2) is 24.3 Å². The van der Waals surface area contributed by atoms with Crippen molar-refractivity contribution in [1.82, 2.24) is 20.1 Å². The molecule has 2 aromatic rings. The molecule has 2 rings (SSSR count). The number of aromatic amines is 1. The highest BCUT2D eigenvalue weighted by atomic mass is 19.1. The molecule has 21 heavy (non-hydrogen) atoms. The minimum atomic E-state index is -0.365. The summed E-state index contributed by atoms with van der Waals surface area (Å²) in [5.74, 6) is 1.23. The fourth-order valence-corrected chi connectivity index (χ4v) is 1.76. The first kappa shape index (κ1) is 15.0. The number of aromatic nitrogens is 3. The Morgan fingerprint density at radius 1 is 1.48 bits per heavy atom. The van der Waals surface area contributed by atoms with E-state index in [0.29, 0.717) is 23.9 Å². The van der Waals surface area contributed by atoms with Crippen molar-refractivity contribution in [3.8, 4) is 5.75 Å². The molecule has 0 spiro atoms. The molecule has 0 saturated carbocycles. The number of benzene rings is 1. The molecule has 112 valence electrons. The normalized spacial score (nSPS) is 10.4. The number of aryl methyl sites for hydroxylation is 1. The van der Waals surface area contributed by atoms with Gasteiger partial charge in [0, 0.05) is 13.1 Å². The monoisotopic (exact) mass is 292 g/mol. The first-order chi connectivity index (χ1) is 10.0. The molecule has 0 unspecified atom stereocenters. The van der Waals surface area contributed by atoms with E-state index in [4.69, 9.17) is 4.74 Å². The van der Waals surface area contributed by atoms with Crippen molar-refractivity contribution < 1.29 is 13.9 Å². The molecule has 7 heteroatoms. The fourth-order valence-electron chi connectivity index (χ4n) is 1.76. The Morgan fingerprint density at radius 2 is 2.29 bits per heavy atom. The molecule has 1 heterocycles. The van der Waals surface area contributed by atoms with E-state index >= 15 is 0 Å².